The van der Waals surface area contributed by atoms with Crippen LogP contribution in [-0.4, -0.2) is 42.3 Å². The van der Waals surface area contributed by atoms with Crippen LogP contribution in [-0.2, 0) is 20.7 Å². The molecule has 3 rings (SSSR count). The van der Waals surface area contributed by atoms with Gasteiger partial charge >= 0.3 is 5.97 Å². The first-order chi connectivity index (χ1) is 14.5. The first-order valence-electron chi connectivity index (χ1n) is 11.2. The zero-order chi connectivity index (χ0) is 21.6. The Labute approximate surface area is 179 Å². The number of amides is 1. The molecule has 0 N–H and O–H groups in total. The molecule has 0 aromatic heterocycles. The number of methoxy groups -OCH3 is 1. The van der Waals surface area contributed by atoms with Crippen LogP contribution < -0.4 is 0 Å². The summed E-state index contributed by atoms with van der Waals surface area (Å²) in [6.07, 6.45) is 12.1. The molecule has 1 unspecified atom stereocenters. The van der Waals surface area contributed by atoms with Crippen molar-refractivity contribution in [2.75, 3.05) is 13.7 Å². The quantitative estimate of drug-likeness (QED) is 0.420. The molecule has 162 valence electrons. The summed E-state index contributed by atoms with van der Waals surface area (Å²) in [6.45, 7) is 2.78. The molecular formula is C25H33NO4. The van der Waals surface area contributed by atoms with Gasteiger partial charge in [-0.05, 0) is 55.9 Å². The van der Waals surface area contributed by atoms with Gasteiger partial charge in [-0.15, -0.1) is 0 Å². The van der Waals surface area contributed by atoms with Gasteiger partial charge in [0.25, 0.3) is 0 Å². The summed E-state index contributed by atoms with van der Waals surface area (Å²) in [4.78, 5) is 38.7. The van der Waals surface area contributed by atoms with Crippen LogP contribution in [0.15, 0.2) is 36.4 Å². The van der Waals surface area contributed by atoms with E-state index in [1.54, 1.807) is 18.2 Å². The van der Waals surface area contributed by atoms with Gasteiger partial charge in [-0.1, -0.05) is 44.4 Å². The highest BCUT2D eigenvalue weighted by molar-refractivity contribution is 5.95. The SMILES string of the molecule is CCCCC1(C(=O)C=CC2CCC(=O)N2CCc2ccc(C(=O)OC)cc2)CCC1. The summed E-state index contributed by atoms with van der Waals surface area (Å²) < 4.78 is 4.72. The fourth-order valence-electron chi connectivity index (χ4n) is 4.53. The third-order valence-corrected chi connectivity index (χ3v) is 6.70. The number of carbonyl (C=O) groups is 3. The van der Waals surface area contributed by atoms with Crippen LogP contribution in [0.5, 0.6) is 0 Å². The van der Waals surface area contributed by atoms with Gasteiger partial charge in [-0.3, -0.25) is 9.59 Å². The first kappa shape index (κ1) is 22.3. The molecule has 5 heteroatoms. The molecule has 0 bridgehead atoms. The van der Waals surface area contributed by atoms with Crippen molar-refractivity contribution in [3.8, 4) is 0 Å². The third-order valence-electron chi connectivity index (χ3n) is 6.70. The van der Waals surface area contributed by atoms with Crippen LogP contribution >= 0.6 is 0 Å². The van der Waals surface area contributed by atoms with Gasteiger partial charge in [0, 0.05) is 18.4 Å². The average Bonchev–Trinajstić information content (AvgIpc) is 3.09. The standard InChI is InChI=1S/C25H33NO4/c1-3-4-15-25(16-5-17-25)22(27)12-10-21-11-13-23(28)26(21)18-14-19-6-8-20(9-7-19)24(29)30-2/h6-10,12,21H,3-5,11,13-18H2,1-2H3. The Bertz CT molecular complexity index is 792. The zero-order valence-electron chi connectivity index (χ0n) is 18.2. The number of rotatable bonds is 10. The highest BCUT2D eigenvalue weighted by Crippen LogP contribution is 2.46. The molecule has 1 amide bonds. The number of allylic oxidation sites excluding steroid dienone is 1. The molecule has 1 aliphatic carbocycles. The lowest BCUT2D eigenvalue weighted by Gasteiger charge is -2.40. The molecule has 1 aliphatic heterocycles. The molecule has 1 aromatic carbocycles. The van der Waals surface area contributed by atoms with Gasteiger partial charge in [0.05, 0.1) is 18.7 Å². The largest absolute Gasteiger partial charge is 0.465 e. The second kappa shape index (κ2) is 10.1. The van der Waals surface area contributed by atoms with E-state index < -0.39 is 0 Å². The maximum atomic E-state index is 12.9. The molecule has 5 nitrogen and oxygen atoms in total. The van der Waals surface area contributed by atoms with Gasteiger partial charge in [0.15, 0.2) is 5.78 Å². The summed E-state index contributed by atoms with van der Waals surface area (Å²) in [5, 5.41) is 0. The van der Waals surface area contributed by atoms with Crippen LogP contribution in [0.25, 0.3) is 0 Å². The number of ketones is 1. The van der Waals surface area contributed by atoms with E-state index in [1.807, 2.05) is 23.1 Å². The minimum Gasteiger partial charge on any atom is -0.465 e. The fourth-order valence-corrected chi connectivity index (χ4v) is 4.53. The van der Waals surface area contributed by atoms with E-state index in [0.717, 1.165) is 50.5 Å². The Morgan fingerprint density at radius 2 is 1.97 bits per heavy atom. The molecule has 1 saturated carbocycles. The molecular weight excluding hydrogens is 378 g/mol. The first-order valence-corrected chi connectivity index (χ1v) is 11.2. The molecule has 2 fully saturated rings. The molecule has 0 spiro atoms. The number of unbranched alkanes of at least 4 members (excludes halogenated alkanes) is 1. The van der Waals surface area contributed by atoms with E-state index in [-0.39, 0.29) is 29.1 Å². The summed E-state index contributed by atoms with van der Waals surface area (Å²) in [5.74, 6) is 0.0434. The predicted molar refractivity (Wildman–Crippen MR) is 116 cm³/mol. The van der Waals surface area contributed by atoms with Crippen LogP contribution in [0.3, 0.4) is 0 Å². The summed E-state index contributed by atoms with van der Waals surface area (Å²) in [6, 6.07) is 7.29. The van der Waals surface area contributed by atoms with Gasteiger partial charge < -0.3 is 9.64 Å². The fraction of sp³-hybridized carbons (Fsp3) is 0.560. The predicted octanol–water partition coefficient (Wildman–Crippen LogP) is 4.49. The third kappa shape index (κ3) is 5.00. The average molecular weight is 412 g/mol. The van der Waals surface area contributed by atoms with Crippen molar-refractivity contribution in [3.05, 3.63) is 47.5 Å². The Kier molecular flexibility index (Phi) is 7.46. The zero-order valence-corrected chi connectivity index (χ0v) is 18.2. The molecule has 1 atom stereocenters. The summed E-state index contributed by atoms with van der Waals surface area (Å²) in [5.41, 5.74) is 1.45. The Morgan fingerprint density at radius 1 is 1.23 bits per heavy atom. The van der Waals surface area contributed by atoms with Crippen molar-refractivity contribution >= 4 is 17.7 Å². The van der Waals surface area contributed by atoms with Gasteiger partial charge in [-0.25, -0.2) is 4.79 Å². The lowest BCUT2D eigenvalue weighted by Crippen LogP contribution is -2.37. The number of nitrogens with zero attached hydrogens (tertiary/aromatic N) is 1. The maximum Gasteiger partial charge on any atom is 0.337 e. The Balaban J connectivity index is 1.58. The number of ether oxygens (including phenoxy) is 1. The van der Waals surface area contributed by atoms with Gasteiger partial charge in [0.2, 0.25) is 5.91 Å². The molecule has 2 aliphatic rings. The van der Waals surface area contributed by atoms with Crippen molar-refractivity contribution in [2.24, 2.45) is 5.41 Å². The Hall–Kier alpha value is -2.43. The minimum absolute atomic E-state index is 0.000839. The Morgan fingerprint density at radius 3 is 2.57 bits per heavy atom. The van der Waals surface area contributed by atoms with Crippen LogP contribution in [0, 0.1) is 5.41 Å². The number of esters is 1. The summed E-state index contributed by atoms with van der Waals surface area (Å²) >= 11 is 0. The van der Waals surface area contributed by atoms with Crippen molar-refractivity contribution in [3.63, 3.8) is 0 Å². The highest BCUT2D eigenvalue weighted by Gasteiger charge is 2.41. The van der Waals surface area contributed by atoms with Gasteiger partial charge in [-0.2, -0.15) is 0 Å². The van der Waals surface area contributed by atoms with Crippen molar-refractivity contribution in [2.45, 2.75) is 70.8 Å². The molecule has 30 heavy (non-hydrogen) atoms. The lowest BCUT2D eigenvalue weighted by atomic mass is 9.63. The highest BCUT2D eigenvalue weighted by atomic mass is 16.5. The van der Waals surface area contributed by atoms with Gasteiger partial charge in [0.1, 0.15) is 0 Å². The smallest absolute Gasteiger partial charge is 0.337 e. The van der Waals surface area contributed by atoms with Crippen LogP contribution in [0.1, 0.15) is 74.2 Å². The van der Waals surface area contributed by atoms with E-state index in [4.69, 9.17) is 4.74 Å². The number of benzene rings is 1. The monoisotopic (exact) mass is 411 g/mol. The second-order valence-electron chi connectivity index (χ2n) is 8.59. The number of carbonyl (C=O) groups excluding carboxylic acids is 3. The van der Waals surface area contributed by atoms with Crippen molar-refractivity contribution < 1.29 is 19.1 Å². The topological polar surface area (TPSA) is 63.7 Å². The number of hydrogen-bond acceptors (Lipinski definition) is 4. The lowest BCUT2D eigenvalue weighted by molar-refractivity contribution is -0.130. The van der Waals surface area contributed by atoms with E-state index in [2.05, 4.69) is 6.92 Å². The molecule has 1 saturated heterocycles. The van der Waals surface area contributed by atoms with E-state index in [9.17, 15) is 14.4 Å². The normalized spacial score (nSPS) is 20.4. The van der Waals surface area contributed by atoms with Crippen molar-refractivity contribution in [1.29, 1.82) is 0 Å². The van der Waals surface area contributed by atoms with Crippen LogP contribution in [0.4, 0.5) is 0 Å². The molecule has 0 radical (unpaired) electrons. The molecule has 1 aromatic rings. The van der Waals surface area contributed by atoms with E-state index >= 15 is 0 Å². The van der Waals surface area contributed by atoms with Crippen LogP contribution in [0.2, 0.25) is 0 Å². The second-order valence-corrected chi connectivity index (χ2v) is 8.59. The maximum absolute atomic E-state index is 12.9. The summed E-state index contributed by atoms with van der Waals surface area (Å²) in [7, 11) is 1.37. The molecule has 1 heterocycles. The van der Waals surface area contributed by atoms with Crippen molar-refractivity contribution in [1.82, 2.24) is 4.90 Å². The number of likely N-dealkylation sites (tertiary alicyclic amines) is 1. The van der Waals surface area contributed by atoms with E-state index in [0.29, 0.717) is 24.9 Å². The minimum atomic E-state index is -0.352. The van der Waals surface area contributed by atoms with E-state index in [1.165, 1.54) is 7.11 Å². The number of hydrogen-bond donors (Lipinski definition) is 0.